The first-order valence-corrected chi connectivity index (χ1v) is 9.06. The number of carbonyl (C=O) groups excluding carboxylic acids is 1. The Hall–Kier alpha value is -2.92. The fraction of sp³-hybridized carbons (Fsp3) is 0.273. The number of nitrogens with zero attached hydrogens (tertiary/aromatic N) is 3. The van der Waals surface area contributed by atoms with Crippen LogP contribution in [0.4, 0.5) is 0 Å². The number of amides is 1. The van der Waals surface area contributed by atoms with Gasteiger partial charge in [0.1, 0.15) is 11.9 Å². The molecule has 140 valence electrons. The van der Waals surface area contributed by atoms with E-state index in [1.165, 1.54) is 0 Å². The van der Waals surface area contributed by atoms with E-state index >= 15 is 0 Å². The highest BCUT2D eigenvalue weighted by Gasteiger charge is 2.23. The Labute approximate surface area is 160 Å². The monoisotopic (exact) mass is 362 g/mol. The van der Waals surface area contributed by atoms with Crippen LogP contribution in [0, 0.1) is 13.8 Å². The molecule has 0 radical (unpaired) electrons. The van der Waals surface area contributed by atoms with Crippen LogP contribution in [0.2, 0.25) is 0 Å². The standard InChI is InChI=1S/C22H26N4O/c1-16-7-5-6-8-20(16)21(25(3)4)22(27)24-15-18-9-11-19(12-10-18)26-14-13-23-17(26)2/h5-14,21H,15H2,1-4H3,(H,24,27)/t21-/m0/s1. The predicted molar refractivity (Wildman–Crippen MR) is 108 cm³/mol. The van der Waals surface area contributed by atoms with E-state index in [9.17, 15) is 4.79 Å². The van der Waals surface area contributed by atoms with Gasteiger partial charge in [0, 0.05) is 24.6 Å². The zero-order chi connectivity index (χ0) is 19.4. The number of carbonyl (C=O) groups is 1. The largest absolute Gasteiger partial charge is 0.350 e. The maximum absolute atomic E-state index is 12.8. The second kappa shape index (κ2) is 8.18. The fourth-order valence-electron chi connectivity index (χ4n) is 3.26. The average Bonchev–Trinajstić information content (AvgIpc) is 3.08. The Morgan fingerprint density at radius 3 is 2.41 bits per heavy atom. The SMILES string of the molecule is Cc1ccccc1[C@@H](C(=O)NCc1ccc(-n2ccnc2C)cc1)N(C)C. The summed E-state index contributed by atoms with van der Waals surface area (Å²) in [6, 6.07) is 15.9. The second-order valence-corrected chi connectivity index (χ2v) is 6.95. The lowest BCUT2D eigenvalue weighted by Crippen LogP contribution is -2.37. The van der Waals surface area contributed by atoms with Gasteiger partial charge in [-0.3, -0.25) is 9.69 Å². The van der Waals surface area contributed by atoms with E-state index in [4.69, 9.17) is 0 Å². The van der Waals surface area contributed by atoms with Crippen molar-refractivity contribution in [2.24, 2.45) is 0 Å². The van der Waals surface area contributed by atoms with Gasteiger partial charge in [0.25, 0.3) is 0 Å². The van der Waals surface area contributed by atoms with Crippen LogP contribution in [0.3, 0.4) is 0 Å². The zero-order valence-corrected chi connectivity index (χ0v) is 16.3. The zero-order valence-electron chi connectivity index (χ0n) is 16.3. The minimum absolute atomic E-state index is 0.00355. The van der Waals surface area contributed by atoms with Gasteiger partial charge in [-0.1, -0.05) is 36.4 Å². The fourth-order valence-corrected chi connectivity index (χ4v) is 3.26. The van der Waals surface area contributed by atoms with Crippen LogP contribution < -0.4 is 5.32 Å². The predicted octanol–water partition coefficient (Wildman–Crippen LogP) is 3.41. The molecule has 1 atom stereocenters. The molecule has 1 heterocycles. The van der Waals surface area contributed by atoms with E-state index in [0.717, 1.165) is 28.2 Å². The second-order valence-electron chi connectivity index (χ2n) is 6.95. The minimum Gasteiger partial charge on any atom is -0.350 e. The van der Waals surface area contributed by atoms with Crippen LogP contribution in [-0.4, -0.2) is 34.5 Å². The van der Waals surface area contributed by atoms with Crippen molar-refractivity contribution in [1.82, 2.24) is 19.8 Å². The molecular weight excluding hydrogens is 336 g/mol. The molecule has 0 aliphatic heterocycles. The van der Waals surface area contributed by atoms with Gasteiger partial charge in [0.15, 0.2) is 0 Å². The first-order valence-electron chi connectivity index (χ1n) is 9.06. The van der Waals surface area contributed by atoms with Crippen LogP contribution in [0.1, 0.15) is 28.6 Å². The lowest BCUT2D eigenvalue weighted by atomic mass is 10.00. The quantitative estimate of drug-likeness (QED) is 0.731. The maximum atomic E-state index is 12.8. The highest BCUT2D eigenvalue weighted by molar-refractivity contribution is 5.83. The summed E-state index contributed by atoms with van der Waals surface area (Å²) in [6.07, 6.45) is 3.73. The van der Waals surface area contributed by atoms with Crippen molar-refractivity contribution in [1.29, 1.82) is 0 Å². The van der Waals surface area contributed by atoms with E-state index in [0.29, 0.717) is 6.54 Å². The summed E-state index contributed by atoms with van der Waals surface area (Å²) in [4.78, 5) is 19.0. The topological polar surface area (TPSA) is 50.2 Å². The number of benzene rings is 2. The summed E-state index contributed by atoms with van der Waals surface area (Å²) in [7, 11) is 3.86. The van der Waals surface area contributed by atoms with Gasteiger partial charge in [0.2, 0.25) is 5.91 Å². The van der Waals surface area contributed by atoms with Crippen molar-refractivity contribution in [3.63, 3.8) is 0 Å². The van der Waals surface area contributed by atoms with Crippen LogP contribution in [-0.2, 0) is 11.3 Å². The van der Waals surface area contributed by atoms with E-state index < -0.39 is 0 Å². The van der Waals surface area contributed by atoms with Gasteiger partial charge in [-0.2, -0.15) is 0 Å². The molecule has 2 aromatic carbocycles. The number of hydrogen-bond acceptors (Lipinski definition) is 3. The van der Waals surface area contributed by atoms with Crippen molar-refractivity contribution in [3.05, 3.63) is 83.4 Å². The van der Waals surface area contributed by atoms with Crippen molar-refractivity contribution in [2.45, 2.75) is 26.4 Å². The van der Waals surface area contributed by atoms with E-state index in [1.54, 1.807) is 6.20 Å². The number of rotatable bonds is 6. The number of aryl methyl sites for hydroxylation is 2. The van der Waals surface area contributed by atoms with Gasteiger partial charge in [-0.15, -0.1) is 0 Å². The van der Waals surface area contributed by atoms with Gasteiger partial charge in [-0.05, 0) is 56.8 Å². The van der Waals surface area contributed by atoms with Crippen molar-refractivity contribution >= 4 is 5.91 Å². The lowest BCUT2D eigenvalue weighted by molar-refractivity contribution is -0.126. The highest BCUT2D eigenvalue weighted by atomic mass is 16.2. The maximum Gasteiger partial charge on any atom is 0.242 e. The van der Waals surface area contributed by atoms with Gasteiger partial charge < -0.3 is 9.88 Å². The Morgan fingerprint density at radius 2 is 1.81 bits per heavy atom. The molecule has 3 aromatic rings. The summed E-state index contributed by atoms with van der Waals surface area (Å²) in [6.45, 7) is 4.51. The van der Waals surface area contributed by atoms with E-state index in [1.807, 2.05) is 92.1 Å². The summed E-state index contributed by atoms with van der Waals surface area (Å²) in [5.74, 6) is 0.951. The minimum atomic E-state index is -0.306. The van der Waals surface area contributed by atoms with Crippen molar-refractivity contribution < 1.29 is 4.79 Å². The molecule has 0 bridgehead atoms. The normalized spacial score (nSPS) is 12.2. The molecule has 5 nitrogen and oxygen atoms in total. The Balaban J connectivity index is 1.69. The lowest BCUT2D eigenvalue weighted by Gasteiger charge is -2.25. The van der Waals surface area contributed by atoms with Crippen LogP contribution in [0.25, 0.3) is 5.69 Å². The number of hydrogen-bond donors (Lipinski definition) is 1. The van der Waals surface area contributed by atoms with E-state index in [-0.39, 0.29) is 11.9 Å². The third kappa shape index (κ3) is 4.26. The number of aromatic nitrogens is 2. The molecule has 0 unspecified atom stereocenters. The molecule has 27 heavy (non-hydrogen) atoms. The molecule has 1 aromatic heterocycles. The molecule has 0 saturated carbocycles. The molecule has 5 heteroatoms. The van der Waals surface area contributed by atoms with Gasteiger partial charge in [0.05, 0.1) is 0 Å². The van der Waals surface area contributed by atoms with Crippen LogP contribution >= 0.6 is 0 Å². The highest BCUT2D eigenvalue weighted by Crippen LogP contribution is 2.22. The molecule has 0 fully saturated rings. The Bertz CT molecular complexity index is 912. The summed E-state index contributed by atoms with van der Waals surface area (Å²) in [5, 5.41) is 3.07. The molecule has 0 saturated heterocycles. The molecule has 0 spiro atoms. The summed E-state index contributed by atoms with van der Waals surface area (Å²) < 4.78 is 2.03. The third-order valence-electron chi connectivity index (χ3n) is 4.75. The number of imidazole rings is 1. The van der Waals surface area contributed by atoms with Crippen LogP contribution in [0.5, 0.6) is 0 Å². The smallest absolute Gasteiger partial charge is 0.242 e. The average molecular weight is 362 g/mol. The van der Waals surface area contributed by atoms with E-state index in [2.05, 4.69) is 10.3 Å². The molecule has 0 aliphatic rings. The molecular formula is C22H26N4O. The Morgan fingerprint density at radius 1 is 1.11 bits per heavy atom. The Kier molecular flexibility index (Phi) is 5.72. The first kappa shape index (κ1) is 18.9. The molecule has 1 amide bonds. The van der Waals surface area contributed by atoms with Crippen molar-refractivity contribution in [3.8, 4) is 5.69 Å². The van der Waals surface area contributed by atoms with Gasteiger partial charge in [-0.25, -0.2) is 4.98 Å². The van der Waals surface area contributed by atoms with Gasteiger partial charge >= 0.3 is 0 Å². The summed E-state index contributed by atoms with van der Waals surface area (Å²) >= 11 is 0. The summed E-state index contributed by atoms with van der Waals surface area (Å²) in [5.41, 5.74) is 4.27. The first-order chi connectivity index (χ1) is 13.0. The third-order valence-corrected chi connectivity index (χ3v) is 4.75. The van der Waals surface area contributed by atoms with Crippen LogP contribution in [0.15, 0.2) is 60.9 Å². The van der Waals surface area contributed by atoms with Crippen molar-refractivity contribution in [2.75, 3.05) is 14.1 Å². The molecule has 0 aliphatic carbocycles. The molecule has 1 N–H and O–H groups in total. The molecule has 3 rings (SSSR count). The number of likely N-dealkylation sites (N-methyl/N-ethyl adjacent to an activating group) is 1. The number of nitrogens with one attached hydrogen (secondary N) is 1.